The van der Waals surface area contributed by atoms with E-state index in [1.807, 2.05) is 30.0 Å². The van der Waals surface area contributed by atoms with Crippen LogP contribution in [0.2, 0.25) is 5.02 Å². The molecule has 1 aromatic carbocycles. The van der Waals surface area contributed by atoms with E-state index in [0.717, 1.165) is 42.2 Å². The molecule has 20 heavy (non-hydrogen) atoms. The van der Waals surface area contributed by atoms with E-state index in [9.17, 15) is 4.79 Å². The number of carbonyl (C=O) groups excluding carboxylic acids is 1. The number of aryl methyl sites for hydroxylation is 1. The number of hydrogen-bond acceptors (Lipinski definition) is 2. The molecule has 1 aliphatic rings. The zero-order valence-corrected chi connectivity index (χ0v) is 12.9. The molecule has 1 saturated heterocycles. The zero-order valence-electron chi connectivity index (χ0n) is 12.1. The van der Waals surface area contributed by atoms with Crippen molar-refractivity contribution < 1.29 is 4.79 Å². The van der Waals surface area contributed by atoms with Crippen LogP contribution in [0.25, 0.3) is 0 Å². The van der Waals surface area contributed by atoms with Crippen molar-refractivity contribution in [1.29, 1.82) is 0 Å². The van der Waals surface area contributed by atoms with Crippen LogP contribution in [-0.4, -0.2) is 30.4 Å². The van der Waals surface area contributed by atoms with E-state index in [4.69, 9.17) is 11.6 Å². The number of amides is 1. The summed E-state index contributed by atoms with van der Waals surface area (Å²) in [5.74, 6) is 0.262. The van der Waals surface area contributed by atoms with Crippen LogP contribution in [0.5, 0.6) is 0 Å². The van der Waals surface area contributed by atoms with Crippen LogP contribution in [0.4, 0.5) is 5.69 Å². The van der Waals surface area contributed by atoms with Gasteiger partial charge in [0.2, 0.25) is 5.91 Å². The number of hydrogen-bond donors (Lipinski definition) is 1. The van der Waals surface area contributed by atoms with Crippen molar-refractivity contribution in [3.05, 3.63) is 28.8 Å². The second kappa shape index (κ2) is 7.53. The molecular weight excluding hydrogens is 272 g/mol. The summed E-state index contributed by atoms with van der Waals surface area (Å²) in [6, 6.07) is 5.90. The molecule has 1 N–H and O–H groups in total. The van der Waals surface area contributed by atoms with E-state index in [1.54, 1.807) is 0 Å². The fraction of sp³-hybridized carbons (Fsp3) is 0.562. The molecule has 2 rings (SSSR count). The average Bonchev–Trinajstić information content (AvgIpc) is 2.71. The third-order valence-electron chi connectivity index (χ3n) is 3.80. The number of anilines is 1. The minimum absolute atomic E-state index is 0.262. The molecule has 1 fully saturated rings. The Hall–Kier alpha value is -1.22. The number of nitrogens with zero attached hydrogens (tertiary/aromatic N) is 1. The van der Waals surface area contributed by atoms with Gasteiger partial charge < -0.3 is 10.2 Å². The Labute approximate surface area is 126 Å². The van der Waals surface area contributed by atoms with Crippen LogP contribution >= 0.6 is 11.6 Å². The Morgan fingerprint density at radius 2 is 1.95 bits per heavy atom. The molecule has 0 aliphatic carbocycles. The van der Waals surface area contributed by atoms with E-state index >= 15 is 0 Å². The van der Waals surface area contributed by atoms with Gasteiger partial charge in [-0.05, 0) is 37.5 Å². The SMILES string of the molecule is Cc1ccc(NCCC(=O)N2CCCCCC2)cc1Cl. The Balaban J connectivity index is 1.76. The second-order valence-electron chi connectivity index (χ2n) is 5.44. The van der Waals surface area contributed by atoms with Crippen LogP contribution in [-0.2, 0) is 4.79 Å². The van der Waals surface area contributed by atoms with Gasteiger partial charge in [-0.15, -0.1) is 0 Å². The highest BCUT2D eigenvalue weighted by Gasteiger charge is 2.14. The predicted molar refractivity (Wildman–Crippen MR) is 84.3 cm³/mol. The summed E-state index contributed by atoms with van der Waals surface area (Å²) in [5, 5.41) is 4.02. The molecule has 0 bridgehead atoms. The summed E-state index contributed by atoms with van der Waals surface area (Å²) >= 11 is 6.08. The van der Waals surface area contributed by atoms with E-state index in [0.29, 0.717) is 13.0 Å². The average molecular weight is 295 g/mol. The van der Waals surface area contributed by atoms with Gasteiger partial charge in [-0.25, -0.2) is 0 Å². The first kappa shape index (κ1) is 15.2. The lowest BCUT2D eigenvalue weighted by Crippen LogP contribution is -2.32. The number of carbonyl (C=O) groups is 1. The minimum atomic E-state index is 0.262. The molecular formula is C16H23ClN2O. The summed E-state index contributed by atoms with van der Waals surface area (Å²) in [7, 11) is 0. The fourth-order valence-electron chi connectivity index (χ4n) is 2.49. The quantitative estimate of drug-likeness (QED) is 0.915. The van der Waals surface area contributed by atoms with Crippen molar-refractivity contribution in [2.24, 2.45) is 0 Å². The molecule has 0 spiro atoms. The molecule has 4 heteroatoms. The Morgan fingerprint density at radius 3 is 2.60 bits per heavy atom. The minimum Gasteiger partial charge on any atom is -0.384 e. The highest BCUT2D eigenvalue weighted by molar-refractivity contribution is 6.31. The molecule has 1 heterocycles. The van der Waals surface area contributed by atoms with Crippen LogP contribution in [0.15, 0.2) is 18.2 Å². The predicted octanol–water partition coefficient (Wildman–Crippen LogP) is 3.85. The monoisotopic (exact) mass is 294 g/mol. The number of likely N-dealkylation sites (tertiary alicyclic amines) is 1. The Kier molecular flexibility index (Phi) is 5.72. The Bertz CT molecular complexity index is 454. The molecule has 1 amide bonds. The first-order chi connectivity index (χ1) is 9.66. The summed E-state index contributed by atoms with van der Waals surface area (Å²) in [6.07, 6.45) is 5.35. The van der Waals surface area contributed by atoms with Crippen LogP contribution in [0.3, 0.4) is 0 Å². The number of nitrogens with one attached hydrogen (secondary N) is 1. The smallest absolute Gasteiger partial charge is 0.224 e. The highest BCUT2D eigenvalue weighted by atomic mass is 35.5. The van der Waals surface area contributed by atoms with Crippen LogP contribution in [0, 0.1) is 6.92 Å². The van der Waals surface area contributed by atoms with Gasteiger partial charge in [0.15, 0.2) is 0 Å². The van der Waals surface area contributed by atoms with Crippen molar-refractivity contribution in [3.63, 3.8) is 0 Å². The standard InChI is InChI=1S/C16H23ClN2O/c1-13-6-7-14(12-15(13)17)18-9-8-16(20)19-10-4-2-3-5-11-19/h6-7,12,18H,2-5,8-11H2,1H3. The van der Waals surface area contributed by atoms with Gasteiger partial charge >= 0.3 is 0 Å². The van der Waals surface area contributed by atoms with E-state index < -0.39 is 0 Å². The normalized spacial score (nSPS) is 15.8. The van der Waals surface area contributed by atoms with Crippen LogP contribution in [0.1, 0.15) is 37.7 Å². The van der Waals surface area contributed by atoms with Gasteiger partial charge in [-0.1, -0.05) is 30.5 Å². The molecule has 0 radical (unpaired) electrons. The maximum absolute atomic E-state index is 12.1. The lowest BCUT2D eigenvalue weighted by molar-refractivity contribution is -0.130. The molecule has 0 atom stereocenters. The summed E-state index contributed by atoms with van der Waals surface area (Å²) in [4.78, 5) is 14.1. The van der Waals surface area contributed by atoms with Gasteiger partial charge in [-0.3, -0.25) is 4.79 Å². The zero-order chi connectivity index (χ0) is 14.4. The lowest BCUT2D eigenvalue weighted by atomic mass is 10.2. The molecule has 0 unspecified atom stereocenters. The summed E-state index contributed by atoms with van der Waals surface area (Å²) in [5.41, 5.74) is 2.04. The second-order valence-corrected chi connectivity index (χ2v) is 5.84. The number of halogens is 1. The molecule has 1 aliphatic heterocycles. The van der Waals surface area contributed by atoms with Crippen molar-refractivity contribution >= 4 is 23.2 Å². The van der Waals surface area contributed by atoms with Gasteiger partial charge in [0.1, 0.15) is 0 Å². The molecule has 110 valence electrons. The largest absolute Gasteiger partial charge is 0.384 e. The molecule has 0 aromatic heterocycles. The fourth-order valence-corrected chi connectivity index (χ4v) is 2.68. The lowest BCUT2D eigenvalue weighted by Gasteiger charge is -2.20. The van der Waals surface area contributed by atoms with E-state index in [1.165, 1.54) is 12.8 Å². The molecule has 1 aromatic rings. The first-order valence-corrected chi connectivity index (χ1v) is 7.82. The van der Waals surface area contributed by atoms with Gasteiger partial charge in [0, 0.05) is 36.8 Å². The highest BCUT2D eigenvalue weighted by Crippen LogP contribution is 2.20. The molecule has 3 nitrogen and oxygen atoms in total. The summed E-state index contributed by atoms with van der Waals surface area (Å²) in [6.45, 7) is 4.49. The maximum Gasteiger partial charge on any atom is 0.224 e. The topological polar surface area (TPSA) is 32.3 Å². The number of rotatable bonds is 4. The first-order valence-electron chi connectivity index (χ1n) is 7.44. The van der Waals surface area contributed by atoms with Crippen molar-refractivity contribution in [2.45, 2.75) is 39.0 Å². The molecule has 0 saturated carbocycles. The van der Waals surface area contributed by atoms with Crippen LogP contribution < -0.4 is 5.32 Å². The van der Waals surface area contributed by atoms with Gasteiger partial charge in [-0.2, -0.15) is 0 Å². The van der Waals surface area contributed by atoms with Crippen molar-refractivity contribution in [3.8, 4) is 0 Å². The van der Waals surface area contributed by atoms with E-state index in [-0.39, 0.29) is 5.91 Å². The third kappa shape index (κ3) is 4.41. The van der Waals surface area contributed by atoms with Gasteiger partial charge in [0.25, 0.3) is 0 Å². The Morgan fingerprint density at radius 1 is 1.25 bits per heavy atom. The maximum atomic E-state index is 12.1. The summed E-state index contributed by atoms with van der Waals surface area (Å²) < 4.78 is 0. The van der Waals surface area contributed by atoms with Gasteiger partial charge in [0.05, 0.1) is 0 Å². The number of benzene rings is 1. The van der Waals surface area contributed by atoms with Crippen molar-refractivity contribution in [1.82, 2.24) is 4.90 Å². The van der Waals surface area contributed by atoms with E-state index in [2.05, 4.69) is 5.32 Å². The third-order valence-corrected chi connectivity index (χ3v) is 4.21. The van der Waals surface area contributed by atoms with Crippen molar-refractivity contribution in [2.75, 3.05) is 25.0 Å².